The number of hydrogen-bond donors (Lipinski definition) is 1. The molecule has 1 aromatic rings. The topological polar surface area (TPSA) is 74.0 Å². The highest BCUT2D eigenvalue weighted by molar-refractivity contribution is 8.00. The van der Waals surface area contributed by atoms with Gasteiger partial charge in [-0.25, -0.2) is 4.98 Å². The number of nitrogens with zero attached hydrogens (tertiary/aromatic N) is 2. The van der Waals surface area contributed by atoms with Crippen molar-refractivity contribution >= 4 is 29.3 Å². The lowest BCUT2D eigenvalue weighted by Crippen LogP contribution is -2.12. The van der Waals surface area contributed by atoms with Crippen LogP contribution in [-0.4, -0.2) is 21.3 Å². The van der Waals surface area contributed by atoms with Crippen molar-refractivity contribution in [3.05, 3.63) is 21.8 Å². The summed E-state index contributed by atoms with van der Waals surface area (Å²) in [5.41, 5.74) is 1.59. The molecule has 0 unspecified atom stereocenters. The van der Waals surface area contributed by atoms with Crippen molar-refractivity contribution in [3.8, 4) is 6.07 Å². The van der Waals surface area contributed by atoms with Gasteiger partial charge in [0.25, 0.3) is 0 Å². The van der Waals surface area contributed by atoms with Crippen LogP contribution in [0.1, 0.15) is 23.7 Å². The van der Waals surface area contributed by atoms with Crippen LogP contribution in [0.2, 0.25) is 5.02 Å². The maximum absolute atomic E-state index is 10.8. The van der Waals surface area contributed by atoms with Gasteiger partial charge in [0, 0.05) is 0 Å². The van der Waals surface area contributed by atoms with Gasteiger partial charge in [-0.1, -0.05) is 23.4 Å². The van der Waals surface area contributed by atoms with E-state index in [1.807, 2.05) is 6.07 Å². The maximum atomic E-state index is 10.8. The Balaban J connectivity index is 3.25. The zero-order valence-electron chi connectivity index (χ0n) is 9.61. The molecular formula is C11H11ClN2O2S. The first kappa shape index (κ1) is 13.8. The first-order valence-electron chi connectivity index (χ1n) is 4.84. The van der Waals surface area contributed by atoms with Gasteiger partial charge in [-0.3, -0.25) is 4.79 Å². The number of aliphatic carboxylic acids is 1. The standard InChI is InChI=1S/C11H11ClN2O2S/c1-5-8(4-13)10(14-6(2)9(5)12)17-7(3)11(15)16/h7H,1-3H3,(H,15,16)/t7-/m0/s1. The van der Waals surface area contributed by atoms with E-state index in [1.165, 1.54) is 0 Å². The minimum Gasteiger partial charge on any atom is -0.480 e. The molecule has 1 atom stereocenters. The molecule has 0 aliphatic carbocycles. The molecule has 0 aromatic carbocycles. The fourth-order valence-corrected chi connectivity index (χ4v) is 2.31. The van der Waals surface area contributed by atoms with Crippen molar-refractivity contribution in [2.45, 2.75) is 31.0 Å². The molecule has 1 rings (SSSR count). The third kappa shape index (κ3) is 2.90. The summed E-state index contributed by atoms with van der Waals surface area (Å²) in [6.45, 7) is 5.01. The van der Waals surface area contributed by atoms with E-state index < -0.39 is 11.2 Å². The summed E-state index contributed by atoms with van der Waals surface area (Å²) in [5, 5.41) is 18.1. The number of rotatable bonds is 3. The largest absolute Gasteiger partial charge is 0.480 e. The van der Waals surface area contributed by atoms with Gasteiger partial charge < -0.3 is 5.11 Å². The minimum absolute atomic E-state index is 0.346. The number of carboxylic acids is 1. The summed E-state index contributed by atoms with van der Waals surface area (Å²) in [4.78, 5) is 15.0. The third-order valence-corrected chi connectivity index (χ3v) is 3.88. The van der Waals surface area contributed by atoms with Crippen LogP contribution in [0, 0.1) is 25.2 Å². The first-order valence-corrected chi connectivity index (χ1v) is 6.10. The van der Waals surface area contributed by atoms with Crippen molar-refractivity contribution in [1.29, 1.82) is 5.26 Å². The lowest BCUT2D eigenvalue weighted by molar-refractivity contribution is -0.136. The molecule has 0 aliphatic heterocycles. The molecule has 0 aliphatic rings. The highest BCUT2D eigenvalue weighted by Gasteiger charge is 2.19. The van der Waals surface area contributed by atoms with Crippen LogP contribution >= 0.6 is 23.4 Å². The monoisotopic (exact) mass is 270 g/mol. The molecule has 0 saturated carbocycles. The van der Waals surface area contributed by atoms with Gasteiger partial charge in [0.1, 0.15) is 16.3 Å². The number of halogens is 1. The predicted octanol–water partition coefficient (Wildman–Crippen LogP) is 2.79. The van der Waals surface area contributed by atoms with Crippen LogP contribution in [0.15, 0.2) is 5.03 Å². The van der Waals surface area contributed by atoms with Gasteiger partial charge in [0.15, 0.2) is 0 Å². The molecule has 1 N–H and O–H groups in total. The number of thioether (sulfide) groups is 1. The average Bonchev–Trinajstić information content (AvgIpc) is 2.26. The lowest BCUT2D eigenvalue weighted by Gasteiger charge is -2.11. The summed E-state index contributed by atoms with van der Waals surface area (Å²) in [6.07, 6.45) is 0. The maximum Gasteiger partial charge on any atom is 0.316 e. The quantitative estimate of drug-likeness (QED) is 0.855. The van der Waals surface area contributed by atoms with Crippen LogP contribution in [0.25, 0.3) is 0 Å². The van der Waals surface area contributed by atoms with E-state index in [9.17, 15) is 4.79 Å². The summed E-state index contributed by atoms with van der Waals surface area (Å²) >= 11 is 7.04. The fraction of sp³-hybridized carbons (Fsp3) is 0.364. The second kappa shape index (κ2) is 5.39. The molecule has 0 radical (unpaired) electrons. The Morgan fingerprint density at radius 2 is 2.18 bits per heavy atom. The van der Waals surface area contributed by atoms with Gasteiger partial charge in [0.2, 0.25) is 0 Å². The summed E-state index contributed by atoms with van der Waals surface area (Å²) in [7, 11) is 0. The Bertz CT molecular complexity index is 511. The molecule has 4 nitrogen and oxygen atoms in total. The van der Waals surface area contributed by atoms with Gasteiger partial charge >= 0.3 is 5.97 Å². The second-order valence-electron chi connectivity index (χ2n) is 3.53. The molecule has 90 valence electrons. The molecule has 0 saturated heterocycles. The molecule has 0 amide bonds. The van der Waals surface area contributed by atoms with Crippen molar-refractivity contribution in [2.75, 3.05) is 0 Å². The van der Waals surface area contributed by atoms with E-state index in [4.69, 9.17) is 22.0 Å². The number of aryl methyl sites for hydroxylation is 1. The van der Waals surface area contributed by atoms with Crippen molar-refractivity contribution in [3.63, 3.8) is 0 Å². The molecular weight excluding hydrogens is 260 g/mol. The number of nitriles is 1. The lowest BCUT2D eigenvalue weighted by atomic mass is 10.1. The van der Waals surface area contributed by atoms with E-state index in [-0.39, 0.29) is 0 Å². The number of hydrogen-bond acceptors (Lipinski definition) is 4. The zero-order chi connectivity index (χ0) is 13.2. The normalized spacial score (nSPS) is 11.9. The van der Waals surface area contributed by atoms with Crippen LogP contribution < -0.4 is 0 Å². The summed E-state index contributed by atoms with van der Waals surface area (Å²) < 4.78 is 0. The smallest absolute Gasteiger partial charge is 0.316 e. The van der Waals surface area contributed by atoms with Crippen molar-refractivity contribution < 1.29 is 9.90 Å². The van der Waals surface area contributed by atoms with Crippen LogP contribution in [0.3, 0.4) is 0 Å². The molecule has 6 heteroatoms. The Hall–Kier alpha value is -1.25. The Kier molecular flexibility index (Phi) is 4.38. The second-order valence-corrected chi connectivity index (χ2v) is 5.23. The molecule has 0 spiro atoms. The fourth-order valence-electron chi connectivity index (χ4n) is 1.23. The third-order valence-electron chi connectivity index (χ3n) is 2.25. The first-order chi connectivity index (χ1) is 7.88. The van der Waals surface area contributed by atoms with E-state index in [1.54, 1.807) is 20.8 Å². The summed E-state index contributed by atoms with van der Waals surface area (Å²) in [5.74, 6) is -0.939. The van der Waals surface area contributed by atoms with E-state index in [0.717, 1.165) is 11.8 Å². The molecule has 1 aromatic heterocycles. The van der Waals surface area contributed by atoms with E-state index >= 15 is 0 Å². The number of pyridine rings is 1. The minimum atomic E-state index is -0.939. The van der Waals surface area contributed by atoms with Gasteiger partial charge in [-0.15, -0.1) is 0 Å². The number of carbonyl (C=O) groups is 1. The highest BCUT2D eigenvalue weighted by Crippen LogP contribution is 2.31. The van der Waals surface area contributed by atoms with Crippen LogP contribution in [-0.2, 0) is 4.79 Å². The van der Waals surface area contributed by atoms with Crippen molar-refractivity contribution in [1.82, 2.24) is 4.98 Å². The van der Waals surface area contributed by atoms with Gasteiger partial charge in [-0.2, -0.15) is 5.26 Å². The summed E-state index contributed by atoms with van der Waals surface area (Å²) in [6, 6.07) is 2.02. The Labute approximate surface area is 109 Å². The van der Waals surface area contributed by atoms with Gasteiger partial charge in [-0.05, 0) is 26.3 Å². The molecule has 0 bridgehead atoms. The number of aromatic nitrogens is 1. The van der Waals surface area contributed by atoms with E-state index in [0.29, 0.717) is 26.9 Å². The zero-order valence-corrected chi connectivity index (χ0v) is 11.2. The molecule has 1 heterocycles. The Morgan fingerprint density at radius 3 is 2.65 bits per heavy atom. The average molecular weight is 271 g/mol. The molecule has 0 fully saturated rings. The van der Waals surface area contributed by atoms with Crippen molar-refractivity contribution in [2.24, 2.45) is 0 Å². The van der Waals surface area contributed by atoms with Gasteiger partial charge in [0.05, 0.1) is 16.3 Å². The Morgan fingerprint density at radius 1 is 1.59 bits per heavy atom. The van der Waals surface area contributed by atoms with E-state index in [2.05, 4.69) is 4.98 Å². The molecule has 17 heavy (non-hydrogen) atoms. The predicted molar refractivity (Wildman–Crippen MR) is 66.4 cm³/mol. The SMILES string of the molecule is Cc1nc(S[C@@H](C)C(=O)O)c(C#N)c(C)c1Cl. The number of carboxylic acid groups (broad SMARTS) is 1. The van der Waals surface area contributed by atoms with Crippen LogP contribution in [0.5, 0.6) is 0 Å². The highest BCUT2D eigenvalue weighted by atomic mass is 35.5. The van der Waals surface area contributed by atoms with Crippen LogP contribution in [0.4, 0.5) is 0 Å².